The molecule has 11 heteroatoms. The molecule has 178 valence electrons. The van der Waals surface area contributed by atoms with Crippen LogP contribution in [0.3, 0.4) is 0 Å². The molecule has 1 unspecified atom stereocenters. The summed E-state index contributed by atoms with van der Waals surface area (Å²) in [6.07, 6.45) is 8.33. The SMILES string of the molecule is Fc1cc(F)c(F)c(Nc2cc(-c3nc(NC4CCNC4)c4c(C5CC5)cncc4n3)ccn2)n1. The molecule has 35 heavy (non-hydrogen) atoms. The molecule has 2 fully saturated rings. The second-order valence-electron chi connectivity index (χ2n) is 8.77. The van der Waals surface area contributed by atoms with E-state index >= 15 is 0 Å². The third kappa shape index (κ3) is 4.34. The Kier molecular flexibility index (Phi) is 5.40. The van der Waals surface area contributed by atoms with Gasteiger partial charge in [0, 0.05) is 42.0 Å². The van der Waals surface area contributed by atoms with Gasteiger partial charge in [0.15, 0.2) is 17.5 Å². The molecular weight excluding hydrogens is 457 g/mol. The fraction of sp³-hybridized carbons (Fsp3) is 0.292. The van der Waals surface area contributed by atoms with E-state index in [9.17, 15) is 13.2 Å². The number of halogens is 3. The predicted octanol–water partition coefficient (Wildman–Crippen LogP) is 4.29. The van der Waals surface area contributed by atoms with Crippen LogP contribution in [0.15, 0.2) is 36.8 Å². The van der Waals surface area contributed by atoms with Gasteiger partial charge in [-0.1, -0.05) is 0 Å². The Bertz CT molecular complexity index is 1420. The molecule has 3 N–H and O–H groups in total. The molecule has 0 radical (unpaired) electrons. The molecule has 2 aliphatic rings. The van der Waals surface area contributed by atoms with Crippen molar-refractivity contribution < 1.29 is 13.2 Å². The lowest BCUT2D eigenvalue weighted by molar-refractivity contribution is 0.483. The largest absolute Gasteiger partial charge is 0.365 e. The van der Waals surface area contributed by atoms with Crippen molar-refractivity contribution in [1.29, 1.82) is 0 Å². The Morgan fingerprint density at radius 2 is 1.86 bits per heavy atom. The Balaban J connectivity index is 1.41. The van der Waals surface area contributed by atoms with Gasteiger partial charge in [-0.3, -0.25) is 4.98 Å². The van der Waals surface area contributed by atoms with E-state index in [4.69, 9.17) is 9.97 Å². The number of aromatic nitrogens is 5. The lowest BCUT2D eigenvalue weighted by atomic mass is 10.1. The third-order valence-corrected chi connectivity index (χ3v) is 6.20. The van der Waals surface area contributed by atoms with E-state index in [-0.39, 0.29) is 11.9 Å². The molecule has 1 aliphatic carbocycles. The van der Waals surface area contributed by atoms with Gasteiger partial charge in [0.05, 0.1) is 11.7 Å². The highest BCUT2D eigenvalue weighted by Crippen LogP contribution is 2.44. The van der Waals surface area contributed by atoms with Gasteiger partial charge in [0.25, 0.3) is 0 Å². The molecule has 0 aromatic carbocycles. The van der Waals surface area contributed by atoms with Crippen molar-refractivity contribution in [2.45, 2.75) is 31.2 Å². The van der Waals surface area contributed by atoms with Gasteiger partial charge in [0.2, 0.25) is 11.8 Å². The third-order valence-electron chi connectivity index (χ3n) is 6.20. The summed E-state index contributed by atoms with van der Waals surface area (Å²) < 4.78 is 41.2. The number of rotatable bonds is 6. The number of hydrogen-bond donors (Lipinski definition) is 3. The van der Waals surface area contributed by atoms with Gasteiger partial charge < -0.3 is 16.0 Å². The molecule has 6 rings (SSSR count). The molecule has 1 aliphatic heterocycles. The Morgan fingerprint density at radius 3 is 2.66 bits per heavy atom. The Hall–Kier alpha value is -3.86. The van der Waals surface area contributed by atoms with E-state index < -0.39 is 23.4 Å². The minimum Gasteiger partial charge on any atom is -0.365 e. The van der Waals surface area contributed by atoms with E-state index in [0.717, 1.165) is 54.6 Å². The molecule has 1 saturated heterocycles. The minimum atomic E-state index is -1.34. The Morgan fingerprint density at radius 1 is 0.971 bits per heavy atom. The fourth-order valence-electron chi connectivity index (χ4n) is 4.33. The van der Waals surface area contributed by atoms with Crippen LogP contribution in [0.2, 0.25) is 0 Å². The highest BCUT2D eigenvalue weighted by molar-refractivity contribution is 5.93. The summed E-state index contributed by atoms with van der Waals surface area (Å²) in [6.45, 7) is 1.78. The van der Waals surface area contributed by atoms with Crippen LogP contribution in [0.5, 0.6) is 0 Å². The normalized spacial score (nSPS) is 17.6. The first kappa shape index (κ1) is 21.7. The van der Waals surface area contributed by atoms with Gasteiger partial charge in [-0.25, -0.2) is 19.3 Å². The van der Waals surface area contributed by atoms with Crippen molar-refractivity contribution >= 4 is 28.4 Å². The zero-order valence-corrected chi connectivity index (χ0v) is 18.5. The number of anilines is 3. The maximum Gasteiger partial charge on any atom is 0.217 e. The zero-order chi connectivity index (χ0) is 23.9. The molecule has 5 heterocycles. The van der Waals surface area contributed by atoms with Crippen LogP contribution in [0.1, 0.15) is 30.7 Å². The van der Waals surface area contributed by atoms with Crippen molar-refractivity contribution in [3.05, 3.63) is 59.9 Å². The van der Waals surface area contributed by atoms with Gasteiger partial charge in [0.1, 0.15) is 11.6 Å². The van der Waals surface area contributed by atoms with E-state index in [1.807, 2.05) is 6.20 Å². The van der Waals surface area contributed by atoms with Gasteiger partial charge in [-0.05, 0) is 49.4 Å². The highest BCUT2D eigenvalue weighted by Gasteiger charge is 2.28. The molecule has 0 spiro atoms. The lowest BCUT2D eigenvalue weighted by Crippen LogP contribution is -2.23. The smallest absolute Gasteiger partial charge is 0.217 e. The van der Waals surface area contributed by atoms with E-state index in [0.29, 0.717) is 23.4 Å². The maximum atomic E-state index is 14.1. The first-order valence-corrected chi connectivity index (χ1v) is 11.4. The van der Waals surface area contributed by atoms with Crippen LogP contribution in [0, 0.1) is 17.6 Å². The summed E-state index contributed by atoms with van der Waals surface area (Å²) in [5.41, 5.74) is 2.46. The van der Waals surface area contributed by atoms with Crippen molar-refractivity contribution in [3.63, 3.8) is 0 Å². The number of nitrogens with zero attached hydrogens (tertiary/aromatic N) is 5. The highest BCUT2D eigenvalue weighted by atomic mass is 19.2. The quantitative estimate of drug-likeness (QED) is 0.353. The predicted molar refractivity (Wildman–Crippen MR) is 125 cm³/mol. The molecule has 1 saturated carbocycles. The average Bonchev–Trinajstić information content (AvgIpc) is 3.58. The number of fused-ring (bicyclic) bond motifs is 1. The van der Waals surface area contributed by atoms with Crippen LogP contribution < -0.4 is 16.0 Å². The number of nitrogens with one attached hydrogen (secondary N) is 3. The maximum absolute atomic E-state index is 14.1. The Labute approximate surface area is 198 Å². The fourth-order valence-corrected chi connectivity index (χ4v) is 4.33. The topological polar surface area (TPSA) is 101 Å². The van der Waals surface area contributed by atoms with Crippen LogP contribution >= 0.6 is 0 Å². The zero-order valence-electron chi connectivity index (χ0n) is 18.5. The molecule has 4 aromatic heterocycles. The van der Waals surface area contributed by atoms with Crippen molar-refractivity contribution in [3.8, 4) is 11.4 Å². The monoisotopic (exact) mass is 478 g/mol. The summed E-state index contributed by atoms with van der Waals surface area (Å²) in [7, 11) is 0. The van der Waals surface area contributed by atoms with Gasteiger partial charge in [-0.15, -0.1) is 0 Å². The van der Waals surface area contributed by atoms with Crippen molar-refractivity contribution in [1.82, 2.24) is 30.2 Å². The van der Waals surface area contributed by atoms with Crippen molar-refractivity contribution in [2.75, 3.05) is 23.7 Å². The van der Waals surface area contributed by atoms with Crippen LogP contribution in [-0.2, 0) is 0 Å². The number of pyridine rings is 3. The van der Waals surface area contributed by atoms with Crippen LogP contribution in [0.25, 0.3) is 22.3 Å². The summed E-state index contributed by atoms with van der Waals surface area (Å²) in [4.78, 5) is 21.5. The molecule has 8 nitrogen and oxygen atoms in total. The summed E-state index contributed by atoms with van der Waals surface area (Å²) in [6, 6.07) is 3.91. The lowest BCUT2D eigenvalue weighted by Gasteiger charge is -2.17. The summed E-state index contributed by atoms with van der Waals surface area (Å²) in [5.74, 6) is -2.60. The molecular formula is C24H21F3N8. The van der Waals surface area contributed by atoms with E-state index in [2.05, 4.69) is 30.9 Å². The average molecular weight is 478 g/mol. The second-order valence-corrected chi connectivity index (χ2v) is 8.77. The van der Waals surface area contributed by atoms with Crippen LogP contribution in [-0.4, -0.2) is 44.1 Å². The first-order valence-electron chi connectivity index (χ1n) is 11.4. The number of hydrogen-bond acceptors (Lipinski definition) is 8. The minimum absolute atomic E-state index is 0.141. The van der Waals surface area contributed by atoms with Gasteiger partial charge >= 0.3 is 0 Å². The molecule has 1 atom stereocenters. The van der Waals surface area contributed by atoms with Crippen molar-refractivity contribution in [2.24, 2.45) is 0 Å². The molecule has 0 bridgehead atoms. The van der Waals surface area contributed by atoms with Crippen LogP contribution in [0.4, 0.5) is 30.6 Å². The van der Waals surface area contributed by atoms with E-state index in [1.54, 1.807) is 18.3 Å². The summed E-state index contributed by atoms with van der Waals surface area (Å²) >= 11 is 0. The standard InChI is InChI=1S/C24H21F3N8/c25-16-8-18(26)33-24(21(16)27)34-19-7-13(3-6-30-19)22-32-17-11-29-10-15(12-1-2-12)20(17)23(35-22)31-14-4-5-28-9-14/h3,6-8,10-12,14,28H,1-2,4-5,9H2,(H,30,33,34)(H,31,32,35). The second kappa shape index (κ2) is 8.73. The van der Waals surface area contributed by atoms with E-state index in [1.165, 1.54) is 6.20 Å². The molecule has 0 amide bonds. The molecule has 4 aromatic rings. The summed E-state index contributed by atoms with van der Waals surface area (Å²) in [5, 5.41) is 10.4. The van der Waals surface area contributed by atoms with Gasteiger partial charge in [-0.2, -0.15) is 13.8 Å². The first-order chi connectivity index (χ1) is 17.0.